The Morgan fingerprint density at radius 3 is 2.11 bits per heavy atom. The number of rotatable bonds is 8. The topological polar surface area (TPSA) is 43.3 Å². The van der Waals surface area contributed by atoms with Crippen molar-refractivity contribution < 1.29 is 9.53 Å². The van der Waals surface area contributed by atoms with E-state index in [9.17, 15) is 4.79 Å². The summed E-state index contributed by atoms with van der Waals surface area (Å²) in [6.07, 6.45) is 6.07. The molecule has 4 aromatic carbocycles. The fourth-order valence-corrected chi connectivity index (χ4v) is 5.08. The molecule has 0 aliphatic carbocycles. The molecular formula is C33H30N2O2. The van der Waals surface area contributed by atoms with E-state index in [1.54, 1.807) is 0 Å². The highest BCUT2D eigenvalue weighted by atomic mass is 16.5. The summed E-state index contributed by atoms with van der Waals surface area (Å²) in [4.78, 5) is 14.2. The second-order valence-corrected chi connectivity index (χ2v) is 9.13. The van der Waals surface area contributed by atoms with Crippen molar-refractivity contribution in [3.05, 3.63) is 144 Å². The summed E-state index contributed by atoms with van der Waals surface area (Å²) in [7, 11) is 3.47. The van der Waals surface area contributed by atoms with Crippen LogP contribution < -0.4 is 5.32 Å². The highest BCUT2D eigenvalue weighted by Gasteiger charge is 2.49. The Hall–Kier alpha value is -4.57. The molecule has 1 aromatic heterocycles. The lowest BCUT2D eigenvalue weighted by atomic mass is 9.70. The molecule has 1 N–H and O–H groups in total. The van der Waals surface area contributed by atoms with Gasteiger partial charge in [0.15, 0.2) is 0 Å². The van der Waals surface area contributed by atoms with Crippen molar-refractivity contribution in [3.63, 3.8) is 0 Å². The van der Waals surface area contributed by atoms with E-state index in [2.05, 4.69) is 40.3 Å². The number of esters is 1. The molecule has 37 heavy (non-hydrogen) atoms. The summed E-state index contributed by atoms with van der Waals surface area (Å²) < 4.78 is 7.69. The quantitative estimate of drug-likeness (QED) is 0.237. The number of carbonyl (C=O) groups excluding carboxylic acids is 1. The largest absolute Gasteiger partial charge is 0.468 e. The first-order valence-corrected chi connectivity index (χ1v) is 12.4. The van der Waals surface area contributed by atoms with Gasteiger partial charge in [-0.25, -0.2) is 0 Å². The van der Waals surface area contributed by atoms with Crippen molar-refractivity contribution in [2.24, 2.45) is 7.05 Å². The SMILES string of the molecule is COC(=O)C(/C=C/c1ccccc1)(c1cn(C)c2ccccc12)C(Nc1ccccc1)c1ccccc1. The maximum absolute atomic E-state index is 14.2. The Morgan fingerprint density at radius 1 is 0.838 bits per heavy atom. The summed E-state index contributed by atoms with van der Waals surface area (Å²) in [6.45, 7) is 0. The zero-order valence-corrected chi connectivity index (χ0v) is 21.0. The summed E-state index contributed by atoms with van der Waals surface area (Å²) in [5.74, 6) is -0.340. The van der Waals surface area contributed by atoms with E-state index in [1.165, 1.54) is 7.11 Å². The fraction of sp³-hybridized carbons (Fsp3) is 0.121. The molecule has 5 aromatic rings. The Kier molecular flexibility index (Phi) is 6.91. The van der Waals surface area contributed by atoms with Crippen LogP contribution in [0.5, 0.6) is 0 Å². The Bertz CT molecular complexity index is 1510. The molecule has 2 unspecified atom stereocenters. The molecule has 5 rings (SSSR count). The third-order valence-electron chi connectivity index (χ3n) is 6.88. The Morgan fingerprint density at radius 2 is 1.43 bits per heavy atom. The number of hydrogen-bond acceptors (Lipinski definition) is 3. The number of carbonyl (C=O) groups is 1. The molecule has 4 heteroatoms. The van der Waals surface area contributed by atoms with Crippen LogP contribution in [0.3, 0.4) is 0 Å². The Balaban J connectivity index is 1.84. The number of nitrogens with zero attached hydrogens (tertiary/aromatic N) is 1. The fourth-order valence-electron chi connectivity index (χ4n) is 5.08. The minimum atomic E-state index is -1.19. The molecule has 0 aliphatic rings. The number of methoxy groups -OCH3 is 1. The van der Waals surface area contributed by atoms with E-state index >= 15 is 0 Å². The normalized spacial score (nSPS) is 13.8. The molecule has 0 saturated heterocycles. The van der Waals surface area contributed by atoms with Crippen LogP contribution in [0, 0.1) is 0 Å². The standard InChI is InChI=1S/C33H30N2O2/c1-35-24-29(28-20-12-13-21-30(28)35)33(32(36)37-2,23-22-25-14-6-3-7-15-25)31(26-16-8-4-9-17-26)34-27-18-10-5-11-19-27/h3-24,31,34H,1-2H3/b23-22+. The van der Waals surface area contributed by atoms with Crippen LogP contribution in [0.15, 0.2) is 128 Å². The van der Waals surface area contributed by atoms with Gasteiger partial charge in [-0.1, -0.05) is 109 Å². The predicted molar refractivity (Wildman–Crippen MR) is 151 cm³/mol. The van der Waals surface area contributed by atoms with Crippen molar-refractivity contribution in [2.45, 2.75) is 11.5 Å². The number of ether oxygens (including phenoxy) is 1. The minimum Gasteiger partial charge on any atom is -0.468 e. The van der Waals surface area contributed by atoms with Gasteiger partial charge in [-0.05, 0) is 29.3 Å². The second-order valence-electron chi connectivity index (χ2n) is 9.13. The smallest absolute Gasteiger partial charge is 0.322 e. The van der Waals surface area contributed by atoms with Gasteiger partial charge in [-0.2, -0.15) is 0 Å². The minimum absolute atomic E-state index is 0.340. The molecule has 2 atom stereocenters. The molecule has 4 nitrogen and oxygen atoms in total. The van der Waals surface area contributed by atoms with Gasteiger partial charge in [0.25, 0.3) is 0 Å². The third-order valence-corrected chi connectivity index (χ3v) is 6.88. The molecule has 0 amide bonds. The van der Waals surface area contributed by atoms with Crippen LogP contribution in [0.1, 0.15) is 22.7 Å². The lowest BCUT2D eigenvalue weighted by molar-refractivity contribution is -0.146. The van der Waals surface area contributed by atoms with Gasteiger partial charge in [-0.15, -0.1) is 0 Å². The van der Waals surface area contributed by atoms with E-state index in [4.69, 9.17) is 4.74 Å². The van der Waals surface area contributed by atoms with Crippen molar-refractivity contribution >= 4 is 28.6 Å². The molecule has 0 saturated carbocycles. The van der Waals surface area contributed by atoms with E-state index in [0.717, 1.165) is 33.3 Å². The molecule has 184 valence electrons. The molecular weight excluding hydrogens is 456 g/mol. The van der Waals surface area contributed by atoms with Crippen molar-refractivity contribution in [2.75, 3.05) is 12.4 Å². The number of aromatic nitrogens is 1. The maximum Gasteiger partial charge on any atom is 0.322 e. The number of hydrogen-bond donors (Lipinski definition) is 1. The lowest BCUT2D eigenvalue weighted by Gasteiger charge is -2.37. The van der Waals surface area contributed by atoms with Crippen LogP contribution in [0.4, 0.5) is 5.69 Å². The molecule has 0 fully saturated rings. The van der Waals surface area contributed by atoms with E-state index in [0.29, 0.717) is 0 Å². The zero-order chi connectivity index (χ0) is 25.7. The Labute approximate surface area is 217 Å². The van der Waals surface area contributed by atoms with Crippen LogP contribution in [-0.2, 0) is 22.0 Å². The number of anilines is 1. The number of nitrogens with one attached hydrogen (secondary N) is 1. The zero-order valence-electron chi connectivity index (χ0n) is 21.0. The summed E-state index contributed by atoms with van der Waals surface area (Å²) in [5.41, 5.74) is 3.62. The van der Waals surface area contributed by atoms with E-state index in [1.807, 2.05) is 110 Å². The van der Waals surface area contributed by atoms with Crippen LogP contribution >= 0.6 is 0 Å². The van der Waals surface area contributed by atoms with Crippen LogP contribution in [-0.4, -0.2) is 17.6 Å². The van der Waals surface area contributed by atoms with E-state index in [-0.39, 0.29) is 5.97 Å². The maximum atomic E-state index is 14.2. The molecule has 0 spiro atoms. The van der Waals surface area contributed by atoms with Crippen LogP contribution in [0.25, 0.3) is 17.0 Å². The lowest BCUT2D eigenvalue weighted by Crippen LogP contribution is -2.44. The van der Waals surface area contributed by atoms with Crippen molar-refractivity contribution in [3.8, 4) is 0 Å². The van der Waals surface area contributed by atoms with Gasteiger partial charge in [-0.3, -0.25) is 4.79 Å². The molecule has 0 aliphatic heterocycles. The van der Waals surface area contributed by atoms with E-state index < -0.39 is 11.5 Å². The average molecular weight is 487 g/mol. The first-order valence-electron chi connectivity index (χ1n) is 12.4. The van der Waals surface area contributed by atoms with Crippen LogP contribution in [0.2, 0.25) is 0 Å². The van der Waals surface area contributed by atoms with Gasteiger partial charge in [0.05, 0.1) is 13.2 Å². The van der Waals surface area contributed by atoms with Gasteiger partial charge in [0.2, 0.25) is 0 Å². The summed E-state index contributed by atoms with van der Waals surface area (Å²) in [5, 5.41) is 4.70. The van der Waals surface area contributed by atoms with Crippen molar-refractivity contribution in [1.82, 2.24) is 4.57 Å². The molecule has 1 heterocycles. The highest BCUT2D eigenvalue weighted by Crippen LogP contribution is 2.46. The predicted octanol–water partition coefficient (Wildman–Crippen LogP) is 7.16. The second kappa shape index (κ2) is 10.6. The summed E-state index contributed by atoms with van der Waals surface area (Å²) in [6, 6.07) is 37.8. The molecule has 0 bridgehead atoms. The monoisotopic (exact) mass is 486 g/mol. The number of para-hydroxylation sites is 2. The highest BCUT2D eigenvalue weighted by molar-refractivity contribution is 5.97. The number of aryl methyl sites for hydroxylation is 1. The summed E-state index contributed by atoms with van der Waals surface area (Å²) >= 11 is 0. The van der Waals surface area contributed by atoms with Gasteiger partial charge in [0.1, 0.15) is 5.41 Å². The van der Waals surface area contributed by atoms with Gasteiger partial charge < -0.3 is 14.6 Å². The number of benzene rings is 4. The molecule has 0 radical (unpaired) electrons. The average Bonchev–Trinajstić information content (AvgIpc) is 3.30. The van der Waals surface area contributed by atoms with Gasteiger partial charge in [0, 0.05) is 35.4 Å². The first-order chi connectivity index (χ1) is 18.1. The van der Waals surface area contributed by atoms with Gasteiger partial charge >= 0.3 is 5.97 Å². The van der Waals surface area contributed by atoms with Crippen molar-refractivity contribution in [1.29, 1.82) is 0 Å². The third kappa shape index (κ3) is 4.66. The number of fused-ring (bicyclic) bond motifs is 1. The first kappa shape index (κ1) is 24.1.